The molecule has 0 radical (unpaired) electrons. The fourth-order valence-electron chi connectivity index (χ4n) is 1.40. The third-order valence-corrected chi connectivity index (χ3v) is 2.24. The Morgan fingerprint density at radius 1 is 1.30 bits per heavy atom. The van der Waals surface area contributed by atoms with E-state index in [0.29, 0.717) is 0 Å². The van der Waals surface area contributed by atoms with E-state index in [1.165, 1.54) is 30.5 Å². The Morgan fingerprint density at radius 3 is 2.40 bits per heavy atom. The smallest absolute Gasteiger partial charge is 0.356 e. The predicted octanol–water partition coefficient (Wildman–Crippen LogP) is 1.52. The molecular formula is C14H17FN2O3. The first-order valence-electron chi connectivity index (χ1n) is 6.06. The van der Waals surface area contributed by atoms with Crippen molar-refractivity contribution in [3.8, 4) is 0 Å². The lowest BCUT2D eigenvalue weighted by molar-refractivity contribution is -0.138. The molecule has 0 heterocycles. The van der Waals surface area contributed by atoms with Gasteiger partial charge in [0.15, 0.2) is 0 Å². The van der Waals surface area contributed by atoms with Crippen LogP contribution in [0.2, 0.25) is 0 Å². The van der Waals surface area contributed by atoms with Gasteiger partial charge in [-0.2, -0.15) is 0 Å². The van der Waals surface area contributed by atoms with Crippen molar-refractivity contribution < 1.29 is 18.7 Å². The van der Waals surface area contributed by atoms with Crippen LogP contribution in [0, 0.1) is 5.82 Å². The predicted molar refractivity (Wildman–Crippen MR) is 72.3 cm³/mol. The Morgan fingerprint density at radius 2 is 1.90 bits per heavy atom. The lowest BCUT2D eigenvalue weighted by Crippen LogP contribution is -2.30. The number of hydrogen-bond acceptors (Lipinski definition) is 4. The van der Waals surface area contributed by atoms with E-state index in [2.05, 4.69) is 5.32 Å². The highest BCUT2D eigenvalue weighted by atomic mass is 19.1. The summed E-state index contributed by atoms with van der Waals surface area (Å²) >= 11 is 0. The highest BCUT2D eigenvalue weighted by molar-refractivity contribution is 6.00. The maximum atomic E-state index is 12.8. The third kappa shape index (κ3) is 4.72. The topological polar surface area (TPSA) is 58.6 Å². The highest BCUT2D eigenvalue weighted by Crippen LogP contribution is 2.04. The number of carbonyl (C=O) groups excluding carboxylic acids is 2. The normalized spacial score (nSPS) is 10.9. The van der Waals surface area contributed by atoms with Crippen molar-refractivity contribution in [1.29, 1.82) is 0 Å². The van der Waals surface area contributed by atoms with E-state index in [-0.39, 0.29) is 17.9 Å². The van der Waals surface area contributed by atoms with Gasteiger partial charge in [-0.25, -0.2) is 9.18 Å². The van der Waals surface area contributed by atoms with Crippen LogP contribution in [0.25, 0.3) is 0 Å². The SMILES string of the molecule is CCOC(=O)C(=CN(C)C)NC(=O)c1ccc(F)cc1. The van der Waals surface area contributed by atoms with Crippen molar-refractivity contribution in [3.05, 3.63) is 47.5 Å². The van der Waals surface area contributed by atoms with Gasteiger partial charge < -0.3 is 15.0 Å². The van der Waals surface area contributed by atoms with Crippen molar-refractivity contribution in [2.75, 3.05) is 20.7 Å². The number of nitrogens with zero attached hydrogens (tertiary/aromatic N) is 1. The van der Waals surface area contributed by atoms with Crippen LogP contribution in [0.1, 0.15) is 17.3 Å². The number of ether oxygens (including phenoxy) is 1. The maximum Gasteiger partial charge on any atom is 0.356 e. The van der Waals surface area contributed by atoms with Gasteiger partial charge in [0.1, 0.15) is 11.5 Å². The molecule has 1 aromatic carbocycles. The minimum absolute atomic E-state index is 0.0196. The molecule has 1 rings (SSSR count). The molecule has 6 heteroatoms. The molecule has 1 amide bonds. The molecule has 0 saturated heterocycles. The van der Waals surface area contributed by atoms with Gasteiger partial charge in [-0.05, 0) is 31.2 Å². The van der Waals surface area contributed by atoms with E-state index >= 15 is 0 Å². The second-order valence-corrected chi connectivity index (χ2v) is 4.19. The zero-order chi connectivity index (χ0) is 15.1. The van der Waals surface area contributed by atoms with E-state index in [0.717, 1.165) is 0 Å². The number of benzene rings is 1. The molecule has 0 bridgehead atoms. The van der Waals surface area contributed by atoms with Crippen LogP contribution in [-0.4, -0.2) is 37.5 Å². The minimum Gasteiger partial charge on any atom is -0.461 e. The van der Waals surface area contributed by atoms with Gasteiger partial charge in [0.25, 0.3) is 5.91 Å². The molecule has 20 heavy (non-hydrogen) atoms. The number of amides is 1. The standard InChI is InChI=1S/C14H17FN2O3/c1-4-20-14(19)12(9-17(2)3)16-13(18)10-5-7-11(15)8-6-10/h5-9H,4H2,1-3H3,(H,16,18). The summed E-state index contributed by atoms with van der Waals surface area (Å²) in [6.45, 7) is 1.88. The van der Waals surface area contributed by atoms with Gasteiger partial charge in [-0.15, -0.1) is 0 Å². The summed E-state index contributed by atoms with van der Waals surface area (Å²) in [5, 5.41) is 2.45. The van der Waals surface area contributed by atoms with Gasteiger partial charge in [0.2, 0.25) is 0 Å². The molecule has 1 aromatic rings. The molecule has 1 N–H and O–H groups in total. The summed E-state index contributed by atoms with van der Waals surface area (Å²) in [5.41, 5.74) is 0.270. The average Bonchev–Trinajstić information content (AvgIpc) is 2.38. The van der Waals surface area contributed by atoms with Crippen molar-refractivity contribution in [2.24, 2.45) is 0 Å². The number of hydrogen-bond donors (Lipinski definition) is 1. The average molecular weight is 280 g/mol. The first kappa shape index (κ1) is 15.7. The number of halogens is 1. The molecule has 0 unspecified atom stereocenters. The second-order valence-electron chi connectivity index (χ2n) is 4.19. The van der Waals surface area contributed by atoms with Gasteiger partial charge in [0.05, 0.1) is 6.61 Å². The minimum atomic E-state index is -0.628. The molecule has 0 aliphatic rings. The quantitative estimate of drug-likeness (QED) is 0.656. The first-order chi connectivity index (χ1) is 9.43. The summed E-state index contributed by atoms with van der Waals surface area (Å²) < 4.78 is 17.6. The van der Waals surface area contributed by atoms with Crippen LogP contribution in [0.15, 0.2) is 36.2 Å². The second kappa shape index (κ2) is 7.28. The summed E-state index contributed by atoms with van der Waals surface area (Å²) in [6.07, 6.45) is 1.44. The molecule has 0 aromatic heterocycles. The molecule has 0 fully saturated rings. The van der Waals surface area contributed by atoms with E-state index < -0.39 is 17.7 Å². The number of rotatable bonds is 5. The zero-order valence-corrected chi connectivity index (χ0v) is 11.6. The zero-order valence-electron chi connectivity index (χ0n) is 11.6. The van der Waals surface area contributed by atoms with Gasteiger partial charge in [0, 0.05) is 25.9 Å². The van der Waals surface area contributed by atoms with Gasteiger partial charge in [-0.3, -0.25) is 4.79 Å². The number of esters is 1. The van der Waals surface area contributed by atoms with Crippen molar-refractivity contribution >= 4 is 11.9 Å². The van der Waals surface area contributed by atoms with Crippen LogP contribution in [0.3, 0.4) is 0 Å². The van der Waals surface area contributed by atoms with Crippen molar-refractivity contribution in [2.45, 2.75) is 6.92 Å². The van der Waals surface area contributed by atoms with E-state index in [1.807, 2.05) is 0 Å². The van der Waals surface area contributed by atoms with Crippen LogP contribution < -0.4 is 5.32 Å². The molecule has 5 nitrogen and oxygen atoms in total. The van der Waals surface area contributed by atoms with E-state index in [4.69, 9.17) is 4.74 Å². The van der Waals surface area contributed by atoms with Crippen LogP contribution >= 0.6 is 0 Å². The first-order valence-corrected chi connectivity index (χ1v) is 6.06. The van der Waals surface area contributed by atoms with Crippen molar-refractivity contribution in [3.63, 3.8) is 0 Å². The third-order valence-electron chi connectivity index (χ3n) is 2.24. The molecule has 0 atom stereocenters. The van der Waals surface area contributed by atoms with Crippen molar-refractivity contribution in [1.82, 2.24) is 10.2 Å². The Labute approximate surface area is 117 Å². The van der Waals surface area contributed by atoms with Crippen LogP contribution in [-0.2, 0) is 9.53 Å². The Balaban J connectivity index is 2.87. The van der Waals surface area contributed by atoms with E-state index in [1.54, 1.807) is 25.9 Å². The molecule has 0 aliphatic carbocycles. The Bertz CT molecular complexity index is 510. The summed E-state index contributed by atoms with van der Waals surface area (Å²) in [4.78, 5) is 25.3. The van der Waals surface area contributed by atoms with Gasteiger partial charge in [-0.1, -0.05) is 0 Å². The summed E-state index contributed by atoms with van der Waals surface area (Å²) in [7, 11) is 3.42. The fourth-order valence-corrected chi connectivity index (χ4v) is 1.40. The Kier molecular flexibility index (Phi) is 5.71. The monoisotopic (exact) mass is 280 g/mol. The Hall–Kier alpha value is -2.37. The van der Waals surface area contributed by atoms with Crippen LogP contribution in [0.5, 0.6) is 0 Å². The molecule has 0 spiro atoms. The number of nitrogens with one attached hydrogen (secondary N) is 1. The maximum absolute atomic E-state index is 12.8. The molecule has 0 saturated carbocycles. The summed E-state index contributed by atoms with van der Waals surface area (Å²) in [6, 6.07) is 5.02. The van der Waals surface area contributed by atoms with E-state index in [9.17, 15) is 14.0 Å². The van der Waals surface area contributed by atoms with Gasteiger partial charge >= 0.3 is 5.97 Å². The fraction of sp³-hybridized carbons (Fsp3) is 0.286. The largest absolute Gasteiger partial charge is 0.461 e. The lowest BCUT2D eigenvalue weighted by Gasteiger charge is -2.12. The summed E-state index contributed by atoms with van der Waals surface area (Å²) in [5.74, 6) is -1.57. The highest BCUT2D eigenvalue weighted by Gasteiger charge is 2.15. The molecular weight excluding hydrogens is 263 g/mol. The lowest BCUT2D eigenvalue weighted by atomic mass is 10.2. The molecule has 0 aliphatic heterocycles. The number of carbonyl (C=O) groups is 2. The van der Waals surface area contributed by atoms with Crippen LogP contribution in [0.4, 0.5) is 4.39 Å². The molecule has 108 valence electrons.